The summed E-state index contributed by atoms with van der Waals surface area (Å²) in [5.41, 5.74) is 2.26. The second-order valence-electron chi connectivity index (χ2n) is 6.36. The van der Waals surface area contributed by atoms with E-state index in [0.29, 0.717) is 6.04 Å². The molecule has 1 aliphatic carbocycles. The lowest BCUT2D eigenvalue weighted by Gasteiger charge is -2.27. The van der Waals surface area contributed by atoms with Crippen molar-refractivity contribution in [1.29, 1.82) is 0 Å². The van der Waals surface area contributed by atoms with E-state index < -0.39 is 0 Å². The molecular weight excluding hydrogens is 316 g/mol. The van der Waals surface area contributed by atoms with Gasteiger partial charge in [0.2, 0.25) is 5.91 Å². The second-order valence-corrected chi connectivity index (χ2v) is 7.24. The first kappa shape index (κ1) is 17.1. The van der Waals surface area contributed by atoms with Gasteiger partial charge in [-0.05, 0) is 49.4 Å². The number of thioether (sulfide) groups is 1. The zero-order valence-corrected chi connectivity index (χ0v) is 15.1. The minimum absolute atomic E-state index is 0.104. The van der Waals surface area contributed by atoms with E-state index >= 15 is 0 Å². The van der Waals surface area contributed by atoms with Crippen LogP contribution in [0.4, 0.5) is 0 Å². The molecule has 0 heterocycles. The molecule has 1 amide bonds. The number of likely N-dealkylation sites (N-methyl/N-ethyl adjacent to an activating group) is 1. The van der Waals surface area contributed by atoms with Crippen LogP contribution in [0.15, 0.2) is 59.5 Å². The van der Waals surface area contributed by atoms with E-state index in [1.807, 2.05) is 37.4 Å². The lowest BCUT2D eigenvalue weighted by Crippen LogP contribution is -2.39. The molecule has 0 saturated heterocycles. The van der Waals surface area contributed by atoms with E-state index in [1.165, 1.54) is 10.5 Å². The minimum Gasteiger partial charge on any atom is -0.352 e. The van der Waals surface area contributed by atoms with E-state index in [0.717, 1.165) is 24.9 Å². The molecule has 24 heavy (non-hydrogen) atoms. The maximum atomic E-state index is 12.8. The fourth-order valence-corrected chi connectivity index (χ4v) is 3.27. The predicted octanol–water partition coefficient (Wildman–Crippen LogP) is 3.86. The summed E-state index contributed by atoms with van der Waals surface area (Å²) in [5, 5.41) is 3.15. The molecule has 1 saturated carbocycles. The van der Waals surface area contributed by atoms with Gasteiger partial charge in [-0.15, -0.1) is 11.8 Å². The Hall–Kier alpha value is -1.78. The fraction of sp³-hybridized carbons (Fsp3) is 0.350. The summed E-state index contributed by atoms with van der Waals surface area (Å²) in [6, 6.07) is 18.7. The number of hydrogen-bond acceptors (Lipinski definition) is 3. The summed E-state index contributed by atoms with van der Waals surface area (Å²) < 4.78 is 0. The topological polar surface area (TPSA) is 32.3 Å². The number of rotatable bonds is 7. The SMILES string of the molecule is CSc1ccc(CN(C)C(C(=O)NC2CC2)c2ccccc2)cc1. The zero-order valence-electron chi connectivity index (χ0n) is 14.2. The molecule has 1 fully saturated rings. The average Bonchev–Trinajstić information content (AvgIpc) is 3.40. The van der Waals surface area contributed by atoms with Crippen molar-refractivity contribution in [3.63, 3.8) is 0 Å². The summed E-state index contributed by atoms with van der Waals surface area (Å²) in [4.78, 5) is 16.2. The number of amides is 1. The van der Waals surface area contributed by atoms with Gasteiger partial charge >= 0.3 is 0 Å². The predicted molar refractivity (Wildman–Crippen MR) is 100 cm³/mol. The minimum atomic E-state index is -0.257. The van der Waals surface area contributed by atoms with Crippen LogP contribution < -0.4 is 5.32 Å². The van der Waals surface area contributed by atoms with Gasteiger partial charge in [-0.3, -0.25) is 9.69 Å². The number of carbonyl (C=O) groups excluding carboxylic acids is 1. The van der Waals surface area contributed by atoms with Gasteiger partial charge in [0.25, 0.3) is 0 Å². The fourth-order valence-electron chi connectivity index (χ4n) is 2.86. The van der Waals surface area contributed by atoms with Gasteiger partial charge in [-0.25, -0.2) is 0 Å². The number of nitrogens with zero attached hydrogens (tertiary/aromatic N) is 1. The van der Waals surface area contributed by atoms with E-state index in [9.17, 15) is 4.79 Å². The van der Waals surface area contributed by atoms with Crippen LogP contribution in [0.3, 0.4) is 0 Å². The number of carbonyl (C=O) groups is 1. The van der Waals surface area contributed by atoms with Crippen LogP contribution in [0.25, 0.3) is 0 Å². The van der Waals surface area contributed by atoms with Crippen LogP contribution >= 0.6 is 11.8 Å². The number of benzene rings is 2. The third-order valence-electron chi connectivity index (χ3n) is 4.32. The molecule has 2 aromatic rings. The van der Waals surface area contributed by atoms with Crippen molar-refractivity contribution in [2.45, 2.75) is 36.4 Å². The molecule has 1 atom stereocenters. The lowest BCUT2D eigenvalue weighted by molar-refractivity contribution is -0.126. The third kappa shape index (κ3) is 4.40. The van der Waals surface area contributed by atoms with Crippen LogP contribution in [-0.2, 0) is 11.3 Å². The molecule has 0 bridgehead atoms. The highest BCUT2D eigenvalue weighted by molar-refractivity contribution is 7.98. The van der Waals surface area contributed by atoms with Gasteiger partial charge in [-0.2, -0.15) is 0 Å². The average molecular weight is 340 g/mol. The smallest absolute Gasteiger partial charge is 0.242 e. The van der Waals surface area contributed by atoms with Crippen LogP contribution in [0.2, 0.25) is 0 Å². The van der Waals surface area contributed by atoms with Gasteiger partial charge in [0.05, 0.1) is 0 Å². The Morgan fingerprint density at radius 1 is 1.17 bits per heavy atom. The molecule has 1 N–H and O–H groups in total. The van der Waals surface area contributed by atoms with E-state index in [1.54, 1.807) is 11.8 Å². The van der Waals surface area contributed by atoms with E-state index in [2.05, 4.69) is 40.7 Å². The first-order chi connectivity index (χ1) is 11.7. The van der Waals surface area contributed by atoms with E-state index in [-0.39, 0.29) is 11.9 Å². The molecule has 3 rings (SSSR count). The third-order valence-corrected chi connectivity index (χ3v) is 5.06. The van der Waals surface area contributed by atoms with E-state index in [4.69, 9.17) is 0 Å². The standard InChI is InChI=1S/C20H24N2OS/c1-22(14-15-8-12-18(24-2)13-9-15)19(16-6-4-3-5-7-16)20(23)21-17-10-11-17/h3-9,12-13,17,19H,10-11,14H2,1-2H3,(H,21,23). The molecule has 3 nitrogen and oxygen atoms in total. The van der Waals surface area contributed by atoms with Crippen LogP contribution in [-0.4, -0.2) is 30.2 Å². The molecule has 0 radical (unpaired) electrons. The lowest BCUT2D eigenvalue weighted by atomic mass is 10.0. The Kier molecular flexibility index (Phi) is 5.59. The van der Waals surface area contributed by atoms with Crippen molar-refractivity contribution >= 4 is 17.7 Å². The molecule has 126 valence electrons. The molecule has 1 unspecified atom stereocenters. The van der Waals surface area contributed by atoms with Gasteiger partial charge in [-0.1, -0.05) is 42.5 Å². The Morgan fingerprint density at radius 2 is 1.83 bits per heavy atom. The highest BCUT2D eigenvalue weighted by Gasteiger charge is 2.30. The molecular formula is C20H24N2OS. The summed E-state index contributed by atoms with van der Waals surface area (Å²) in [7, 11) is 2.02. The number of hydrogen-bond donors (Lipinski definition) is 1. The summed E-state index contributed by atoms with van der Waals surface area (Å²) in [6.45, 7) is 0.742. The van der Waals surface area contributed by atoms with Gasteiger partial charge in [0, 0.05) is 17.5 Å². The molecule has 0 aromatic heterocycles. The van der Waals surface area contributed by atoms with Gasteiger partial charge in [0.15, 0.2) is 0 Å². The van der Waals surface area contributed by atoms with Crippen molar-refractivity contribution < 1.29 is 4.79 Å². The Labute approximate surface area is 148 Å². The highest BCUT2D eigenvalue weighted by atomic mass is 32.2. The molecule has 2 aromatic carbocycles. The van der Waals surface area contributed by atoms with Crippen LogP contribution in [0, 0.1) is 0 Å². The normalized spacial score (nSPS) is 15.3. The number of nitrogens with one attached hydrogen (secondary N) is 1. The largest absolute Gasteiger partial charge is 0.352 e. The quantitative estimate of drug-likeness (QED) is 0.777. The van der Waals surface area contributed by atoms with Gasteiger partial charge in [0.1, 0.15) is 6.04 Å². The van der Waals surface area contributed by atoms with Crippen molar-refractivity contribution in [3.8, 4) is 0 Å². The van der Waals surface area contributed by atoms with Crippen LogP contribution in [0.1, 0.15) is 30.0 Å². The summed E-state index contributed by atoms with van der Waals surface area (Å²) >= 11 is 1.74. The zero-order chi connectivity index (χ0) is 16.9. The molecule has 4 heteroatoms. The second kappa shape index (κ2) is 7.86. The van der Waals surface area contributed by atoms with Crippen molar-refractivity contribution in [2.75, 3.05) is 13.3 Å². The van der Waals surface area contributed by atoms with Crippen molar-refractivity contribution in [2.24, 2.45) is 0 Å². The Balaban J connectivity index is 1.76. The summed E-state index contributed by atoms with van der Waals surface area (Å²) in [5.74, 6) is 0.104. The molecule has 0 aliphatic heterocycles. The monoisotopic (exact) mass is 340 g/mol. The van der Waals surface area contributed by atoms with Crippen molar-refractivity contribution in [1.82, 2.24) is 10.2 Å². The first-order valence-corrected chi connectivity index (χ1v) is 9.58. The summed E-state index contributed by atoms with van der Waals surface area (Å²) in [6.07, 6.45) is 4.29. The Bertz CT molecular complexity index is 668. The highest BCUT2D eigenvalue weighted by Crippen LogP contribution is 2.25. The Morgan fingerprint density at radius 3 is 2.42 bits per heavy atom. The maximum absolute atomic E-state index is 12.8. The first-order valence-electron chi connectivity index (χ1n) is 8.36. The van der Waals surface area contributed by atoms with Crippen LogP contribution in [0.5, 0.6) is 0 Å². The molecule has 0 spiro atoms. The maximum Gasteiger partial charge on any atom is 0.242 e. The van der Waals surface area contributed by atoms with Crippen molar-refractivity contribution in [3.05, 3.63) is 65.7 Å². The molecule has 1 aliphatic rings. The van der Waals surface area contributed by atoms with Gasteiger partial charge < -0.3 is 5.32 Å².